The molecule has 0 aliphatic rings. The van der Waals surface area contributed by atoms with E-state index >= 15 is 0 Å². The van der Waals surface area contributed by atoms with Crippen molar-refractivity contribution in [1.82, 2.24) is 0 Å². The second-order valence-corrected chi connectivity index (χ2v) is 3.00. The molecule has 0 heterocycles. The monoisotopic (exact) mass is 187 g/mol. The van der Waals surface area contributed by atoms with E-state index in [1.54, 1.807) is 13.2 Å². The van der Waals surface area contributed by atoms with Gasteiger partial charge in [0.25, 0.3) is 0 Å². The zero-order chi connectivity index (χ0) is 10.6. The van der Waals surface area contributed by atoms with Crippen molar-refractivity contribution in [1.29, 1.82) is 5.26 Å². The van der Waals surface area contributed by atoms with E-state index in [1.165, 1.54) is 0 Å². The highest BCUT2D eigenvalue weighted by atomic mass is 16.5. The Bertz CT molecular complexity index is 399. The lowest BCUT2D eigenvalue weighted by atomic mass is 10.0. The lowest BCUT2D eigenvalue weighted by Crippen LogP contribution is -1.89. The predicted molar refractivity (Wildman–Crippen MR) is 57.0 cm³/mol. The first-order chi connectivity index (χ1) is 6.72. The van der Waals surface area contributed by atoms with Crippen molar-refractivity contribution >= 4 is 5.57 Å². The van der Waals surface area contributed by atoms with E-state index in [0.717, 1.165) is 16.9 Å². The summed E-state index contributed by atoms with van der Waals surface area (Å²) in [6.07, 6.45) is 1.81. The number of ether oxygens (including phenoxy) is 1. The molecule has 0 saturated carbocycles. The third-order valence-electron chi connectivity index (χ3n) is 2.11. The number of nitriles is 1. The highest BCUT2D eigenvalue weighted by molar-refractivity contribution is 5.77. The standard InChI is InChI=1S/C12H13NO/c1-4-10(8-13)11-5-6-12(14-3)9(2)7-11/h4-7H,1-3H3/b10-4+. The van der Waals surface area contributed by atoms with Gasteiger partial charge in [-0.2, -0.15) is 5.26 Å². The van der Waals surface area contributed by atoms with Crippen LogP contribution in [0.15, 0.2) is 24.3 Å². The van der Waals surface area contributed by atoms with Crippen molar-refractivity contribution in [2.45, 2.75) is 13.8 Å². The topological polar surface area (TPSA) is 33.0 Å². The zero-order valence-corrected chi connectivity index (χ0v) is 8.66. The van der Waals surface area contributed by atoms with E-state index in [4.69, 9.17) is 10.00 Å². The van der Waals surface area contributed by atoms with Crippen molar-refractivity contribution < 1.29 is 4.74 Å². The summed E-state index contributed by atoms with van der Waals surface area (Å²) < 4.78 is 5.14. The molecule has 0 atom stereocenters. The molecule has 0 unspecified atom stereocenters. The average Bonchev–Trinajstić information content (AvgIpc) is 2.20. The molecule has 2 nitrogen and oxygen atoms in total. The maximum atomic E-state index is 8.85. The quantitative estimate of drug-likeness (QED) is 0.667. The molecule has 1 aromatic rings. The minimum absolute atomic E-state index is 0.691. The molecule has 72 valence electrons. The fraction of sp³-hybridized carbons (Fsp3) is 0.250. The predicted octanol–water partition coefficient (Wildman–Crippen LogP) is 2.93. The number of methoxy groups -OCH3 is 1. The zero-order valence-electron chi connectivity index (χ0n) is 8.66. The maximum Gasteiger partial charge on any atom is 0.121 e. The SMILES string of the molecule is C/C=C(\C#N)c1ccc(OC)c(C)c1. The highest BCUT2D eigenvalue weighted by Gasteiger charge is 2.02. The van der Waals surface area contributed by atoms with Gasteiger partial charge in [-0.3, -0.25) is 0 Å². The van der Waals surface area contributed by atoms with E-state index in [9.17, 15) is 0 Å². The second-order valence-electron chi connectivity index (χ2n) is 3.00. The molecule has 0 aliphatic carbocycles. The van der Waals surface area contributed by atoms with E-state index in [2.05, 4.69) is 6.07 Å². The lowest BCUT2D eigenvalue weighted by molar-refractivity contribution is 0.411. The number of benzene rings is 1. The van der Waals surface area contributed by atoms with Crippen LogP contribution in [0.3, 0.4) is 0 Å². The van der Waals surface area contributed by atoms with Crippen molar-refractivity contribution in [2.75, 3.05) is 7.11 Å². The van der Waals surface area contributed by atoms with Crippen LogP contribution >= 0.6 is 0 Å². The minimum atomic E-state index is 0.691. The van der Waals surface area contributed by atoms with Crippen LogP contribution in [0, 0.1) is 18.3 Å². The van der Waals surface area contributed by atoms with Crippen LogP contribution in [-0.2, 0) is 0 Å². The number of aryl methyl sites for hydroxylation is 1. The van der Waals surface area contributed by atoms with Crippen LogP contribution in [-0.4, -0.2) is 7.11 Å². The van der Waals surface area contributed by atoms with Crippen molar-refractivity contribution in [3.05, 3.63) is 35.4 Å². The minimum Gasteiger partial charge on any atom is -0.496 e. The van der Waals surface area contributed by atoms with Crippen molar-refractivity contribution in [2.24, 2.45) is 0 Å². The summed E-state index contributed by atoms with van der Waals surface area (Å²) in [7, 11) is 1.64. The van der Waals surface area contributed by atoms with Gasteiger partial charge in [-0.05, 0) is 43.2 Å². The average molecular weight is 187 g/mol. The molecule has 0 amide bonds. The molecule has 0 saturated heterocycles. The first-order valence-electron chi connectivity index (χ1n) is 4.44. The van der Waals surface area contributed by atoms with Gasteiger partial charge in [0.05, 0.1) is 18.8 Å². The Morgan fingerprint density at radius 3 is 2.64 bits per heavy atom. The Labute approximate surface area is 84.4 Å². The Kier molecular flexibility index (Phi) is 3.30. The normalized spacial score (nSPS) is 10.9. The summed E-state index contributed by atoms with van der Waals surface area (Å²) in [6.45, 7) is 3.82. The summed E-state index contributed by atoms with van der Waals surface area (Å²) in [5.74, 6) is 0.849. The van der Waals surface area contributed by atoms with Crippen LogP contribution in [0.1, 0.15) is 18.1 Å². The van der Waals surface area contributed by atoms with Gasteiger partial charge in [-0.1, -0.05) is 6.08 Å². The number of nitrogens with zero attached hydrogens (tertiary/aromatic N) is 1. The largest absolute Gasteiger partial charge is 0.496 e. The molecular formula is C12H13NO. The van der Waals surface area contributed by atoms with Crippen molar-refractivity contribution in [3.63, 3.8) is 0 Å². The van der Waals surface area contributed by atoms with Gasteiger partial charge >= 0.3 is 0 Å². The number of allylic oxidation sites excluding steroid dienone is 2. The molecule has 1 aromatic carbocycles. The summed E-state index contributed by atoms with van der Waals surface area (Å²) in [5, 5.41) is 8.85. The Hall–Kier alpha value is -1.75. The molecule has 1 rings (SSSR count). The third-order valence-corrected chi connectivity index (χ3v) is 2.11. The van der Waals surface area contributed by atoms with E-state index in [-0.39, 0.29) is 0 Å². The summed E-state index contributed by atoms with van der Waals surface area (Å²) >= 11 is 0. The lowest BCUT2D eigenvalue weighted by Gasteiger charge is -2.06. The second kappa shape index (κ2) is 4.48. The molecule has 14 heavy (non-hydrogen) atoms. The van der Waals surface area contributed by atoms with Crippen LogP contribution in [0.25, 0.3) is 5.57 Å². The first kappa shape index (κ1) is 10.3. The van der Waals surface area contributed by atoms with Crippen LogP contribution in [0.5, 0.6) is 5.75 Å². The smallest absolute Gasteiger partial charge is 0.121 e. The molecule has 0 spiro atoms. The van der Waals surface area contributed by atoms with Crippen LogP contribution in [0.4, 0.5) is 0 Å². The molecule has 2 heteroatoms. The van der Waals surface area contributed by atoms with Gasteiger partial charge in [-0.15, -0.1) is 0 Å². The molecular weight excluding hydrogens is 174 g/mol. The van der Waals surface area contributed by atoms with Crippen LogP contribution < -0.4 is 4.74 Å². The Morgan fingerprint density at radius 2 is 2.21 bits per heavy atom. The molecule has 0 bridgehead atoms. The van der Waals surface area contributed by atoms with E-state index in [0.29, 0.717) is 5.57 Å². The molecule has 0 aliphatic heterocycles. The van der Waals surface area contributed by atoms with E-state index < -0.39 is 0 Å². The number of hydrogen-bond donors (Lipinski definition) is 0. The number of rotatable bonds is 2. The first-order valence-corrected chi connectivity index (χ1v) is 4.44. The van der Waals surface area contributed by atoms with Crippen molar-refractivity contribution in [3.8, 4) is 11.8 Å². The molecule has 0 N–H and O–H groups in total. The highest BCUT2D eigenvalue weighted by Crippen LogP contribution is 2.22. The molecule has 0 fully saturated rings. The van der Waals surface area contributed by atoms with Gasteiger partial charge in [-0.25, -0.2) is 0 Å². The maximum absolute atomic E-state index is 8.85. The fourth-order valence-corrected chi connectivity index (χ4v) is 1.34. The molecule has 0 aromatic heterocycles. The van der Waals surface area contributed by atoms with E-state index in [1.807, 2.05) is 32.0 Å². The van der Waals surface area contributed by atoms with Gasteiger partial charge in [0, 0.05) is 0 Å². The summed E-state index contributed by atoms with van der Waals surface area (Å²) in [4.78, 5) is 0. The van der Waals surface area contributed by atoms with Gasteiger partial charge < -0.3 is 4.74 Å². The fourth-order valence-electron chi connectivity index (χ4n) is 1.34. The number of hydrogen-bond acceptors (Lipinski definition) is 2. The molecule has 0 radical (unpaired) electrons. The van der Waals surface area contributed by atoms with Gasteiger partial charge in [0.2, 0.25) is 0 Å². The van der Waals surface area contributed by atoms with Crippen LogP contribution in [0.2, 0.25) is 0 Å². The van der Waals surface area contributed by atoms with Gasteiger partial charge in [0.15, 0.2) is 0 Å². The third kappa shape index (κ3) is 1.94. The summed E-state index contributed by atoms with van der Waals surface area (Å²) in [6, 6.07) is 7.88. The Balaban J connectivity index is 3.16. The van der Waals surface area contributed by atoms with Gasteiger partial charge in [0.1, 0.15) is 5.75 Å². The Morgan fingerprint density at radius 1 is 1.50 bits per heavy atom. The summed E-state index contributed by atoms with van der Waals surface area (Å²) in [5.41, 5.74) is 2.67.